The topological polar surface area (TPSA) is 59.5 Å². The van der Waals surface area contributed by atoms with Crippen molar-refractivity contribution in [1.82, 2.24) is 9.88 Å². The Bertz CT molecular complexity index is 1380. The Labute approximate surface area is 208 Å². The number of fused-ring (bicyclic) bond motifs is 3. The van der Waals surface area contributed by atoms with Gasteiger partial charge in [0.05, 0.1) is 23.1 Å². The highest BCUT2D eigenvalue weighted by Gasteiger charge is 2.44. The normalized spacial score (nSPS) is 18.7. The summed E-state index contributed by atoms with van der Waals surface area (Å²) in [5, 5.41) is 2.00. The number of halogens is 2. The zero-order valence-electron chi connectivity index (χ0n) is 18.9. The molecule has 1 saturated heterocycles. The Morgan fingerprint density at radius 1 is 1.12 bits per heavy atom. The number of carbonyl (C=O) groups is 2. The van der Waals surface area contributed by atoms with Crippen LogP contribution in [0, 0.1) is 6.92 Å². The number of pyridine rings is 1. The first-order valence-electron chi connectivity index (χ1n) is 11.8. The van der Waals surface area contributed by atoms with E-state index in [1.165, 1.54) is 0 Å². The number of amides is 1. The molecule has 0 saturated carbocycles. The molecule has 174 valence electrons. The van der Waals surface area contributed by atoms with E-state index in [9.17, 15) is 9.59 Å². The van der Waals surface area contributed by atoms with Gasteiger partial charge in [-0.2, -0.15) is 0 Å². The lowest BCUT2D eigenvalue weighted by Gasteiger charge is -2.44. The van der Waals surface area contributed by atoms with Crippen LogP contribution in [-0.2, 0) is 12.8 Å². The molecule has 3 heterocycles. The molecule has 3 aliphatic rings. The molecule has 0 radical (unpaired) electrons. The Hall–Kier alpha value is -2.63. The number of aryl methyl sites for hydroxylation is 2. The maximum Gasteiger partial charge on any atom is 0.254 e. The number of aromatic nitrogens is 1. The second-order valence-corrected chi connectivity index (χ2v) is 10.5. The first-order valence-corrected chi connectivity index (χ1v) is 12.5. The van der Waals surface area contributed by atoms with Crippen molar-refractivity contribution in [3.63, 3.8) is 0 Å². The third-order valence-corrected chi connectivity index (χ3v) is 8.16. The number of ether oxygens (including phenoxy) is 1. The minimum Gasteiger partial charge on any atom is -0.486 e. The molecule has 34 heavy (non-hydrogen) atoms. The van der Waals surface area contributed by atoms with Crippen LogP contribution in [0.2, 0.25) is 10.0 Å². The number of Topliss-reactive ketones (excluding diaryl/α,β-unsaturated/α-hetero) is 1. The summed E-state index contributed by atoms with van der Waals surface area (Å²) in [6, 6.07) is 9.13. The SMILES string of the molecule is Cc1cc2c(cc1Cl)C(=O)CC1(CCN(C(=O)c3c4c(nc5ccc(Cl)cc35)CCC4)CC1)O2. The lowest BCUT2D eigenvalue weighted by molar-refractivity contribution is -0.00570. The van der Waals surface area contributed by atoms with Gasteiger partial charge in [0.1, 0.15) is 11.4 Å². The molecule has 1 aliphatic carbocycles. The maximum atomic E-state index is 13.8. The number of hydrogen-bond acceptors (Lipinski definition) is 4. The fourth-order valence-electron chi connectivity index (χ4n) is 5.65. The molecule has 1 amide bonds. The van der Waals surface area contributed by atoms with Gasteiger partial charge in [-0.15, -0.1) is 0 Å². The first kappa shape index (κ1) is 21.9. The second-order valence-electron chi connectivity index (χ2n) is 9.70. The Kier molecular flexibility index (Phi) is 5.12. The number of hydrogen-bond donors (Lipinski definition) is 0. The molecule has 2 aliphatic heterocycles. The van der Waals surface area contributed by atoms with Crippen molar-refractivity contribution in [3.05, 3.63) is 68.3 Å². The van der Waals surface area contributed by atoms with E-state index >= 15 is 0 Å². The largest absolute Gasteiger partial charge is 0.486 e. The average Bonchev–Trinajstić information content (AvgIpc) is 3.27. The van der Waals surface area contributed by atoms with E-state index in [0.29, 0.717) is 53.7 Å². The van der Waals surface area contributed by atoms with Crippen molar-refractivity contribution in [2.75, 3.05) is 13.1 Å². The molecule has 7 heteroatoms. The average molecular weight is 495 g/mol. The van der Waals surface area contributed by atoms with Crippen LogP contribution in [0.4, 0.5) is 0 Å². The summed E-state index contributed by atoms with van der Waals surface area (Å²) < 4.78 is 6.42. The summed E-state index contributed by atoms with van der Waals surface area (Å²) in [6.07, 6.45) is 4.30. The fourth-order valence-corrected chi connectivity index (χ4v) is 5.98. The van der Waals surface area contributed by atoms with E-state index in [-0.39, 0.29) is 11.7 Å². The molecule has 0 bridgehead atoms. The summed E-state index contributed by atoms with van der Waals surface area (Å²) in [6.45, 7) is 2.98. The van der Waals surface area contributed by atoms with E-state index in [0.717, 1.165) is 52.5 Å². The third-order valence-electron chi connectivity index (χ3n) is 7.52. The fraction of sp³-hybridized carbons (Fsp3) is 0.370. The Morgan fingerprint density at radius 2 is 1.91 bits per heavy atom. The lowest BCUT2D eigenvalue weighted by Crippen LogP contribution is -2.52. The smallest absolute Gasteiger partial charge is 0.254 e. The van der Waals surface area contributed by atoms with Crippen molar-refractivity contribution in [1.29, 1.82) is 0 Å². The van der Waals surface area contributed by atoms with Crippen molar-refractivity contribution >= 4 is 45.8 Å². The Balaban J connectivity index is 1.29. The van der Waals surface area contributed by atoms with Crippen LogP contribution in [0.5, 0.6) is 5.75 Å². The van der Waals surface area contributed by atoms with Gasteiger partial charge < -0.3 is 9.64 Å². The highest BCUT2D eigenvalue weighted by atomic mass is 35.5. The molecule has 0 N–H and O–H groups in total. The predicted octanol–water partition coefficient (Wildman–Crippen LogP) is 5.98. The number of benzene rings is 2. The third kappa shape index (κ3) is 3.48. The molecule has 5 nitrogen and oxygen atoms in total. The van der Waals surface area contributed by atoms with Gasteiger partial charge in [0.25, 0.3) is 5.91 Å². The summed E-state index contributed by atoms with van der Waals surface area (Å²) in [4.78, 5) is 33.5. The number of piperidine rings is 1. The van der Waals surface area contributed by atoms with Gasteiger partial charge in [-0.05, 0) is 67.6 Å². The Morgan fingerprint density at radius 3 is 2.71 bits per heavy atom. The van der Waals surface area contributed by atoms with Gasteiger partial charge in [-0.1, -0.05) is 23.2 Å². The molecule has 2 aromatic carbocycles. The summed E-state index contributed by atoms with van der Waals surface area (Å²) in [7, 11) is 0. The van der Waals surface area contributed by atoms with Crippen molar-refractivity contribution < 1.29 is 14.3 Å². The van der Waals surface area contributed by atoms with Crippen molar-refractivity contribution in [2.24, 2.45) is 0 Å². The molecule has 3 aromatic rings. The van der Waals surface area contributed by atoms with E-state index in [4.69, 9.17) is 32.9 Å². The van der Waals surface area contributed by atoms with Crippen LogP contribution in [0.3, 0.4) is 0 Å². The van der Waals surface area contributed by atoms with E-state index in [1.54, 1.807) is 6.07 Å². The zero-order valence-corrected chi connectivity index (χ0v) is 20.4. The van der Waals surface area contributed by atoms with Gasteiger partial charge in [-0.3, -0.25) is 14.6 Å². The zero-order chi connectivity index (χ0) is 23.6. The van der Waals surface area contributed by atoms with Crippen LogP contribution in [-0.4, -0.2) is 40.3 Å². The predicted molar refractivity (Wildman–Crippen MR) is 132 cm³/mol. The quantitative estimate of drug-likeness (QED) is 0.417. The molecule has 1 aromatic heterocycles. The minimum absolute atomic E-state index is 0.0211. The molecule has 6 rings (SSSR count). The molecule has 0 unspecified atom stereocenters. The highest BCUT2D eigenvalue weighted by Crippen LogP contribution is 2.42. The van der Waals surface area contributed by atoms with Crippen LogP contribution in [0.15, 0.2) is 30.3 Å². The first-order chi connectivity index (χ1) is 16.3. The summed E-state index contributed by atoms with van der Waals surface area (Å²) in [5.41, 5.74) is 4.50. The van der Waals surface area contributed by atoms with Gasteiger partial charge in [-0.25, -0.2) is 0 Å². The molecular weight excluding hydrogens is 471 g/mol. The van der Waals surface area contributed by atoms with Crippen LogP contribution in [0.25, 0.3) is 10.9 Å². The number of rotatable bonds is 1. The van der Waals surface area contributed by atoms with Crippen LogP contribution < -0.4 is 4.74 Å². The summed E-state index contributed by atoms with van der Waals surface area (Å²) >= 11 is 12.5. The van der Waals surface area contributed by atoms with Crippen LogP contribution >= 0.6 is 23.2 Å². The standard InChI is InChI=1S/C27H24Cl2N2O3/c1-15-11-24-19(13-20(15)29)23(32)14-27(34-24)7-9-31(10-8-27)26(33)25-17-3-2-4-21(17)30-22-6-5-16(28)12-18(22)25/h5-6,11-13H,2-4,7-10,14H2,1H3. The van der Waals surface area contributed by atoms with E-state index in [1.807, 2.05) is 36.1 Å². The monoisotopic (exact) mass is 494 g/mol. The molecule has 1 spiro atoms. The van der Waals surface area contributed by atoms with Crippen molar-refractivity contribution in [3.8, 4) is 5.75 Å². The molecular formula is C27H24Cl2N2O3. The van der Waals surface area contributed by atoms with Gasteiger partial charge in [0.2, 0.25) is 0 Å². The maximum absolute atomic E-state index is 13.8. The van der Waals surface area contributed by atoms with Gasteiger partial charge in [0, 0.05) is 47.1 Å². The van der Waals surface area contributed by atoms with E-state index < -0.39 is 5.60 Å². The molecule has 1 fully saturated rings. The van der Waals surface area contributed by atoms with E-state index in [2.05, 4.69) is 0 Å². The van der Waals surface area contributed by atoms with Crippen molar-refractivity contribution in [2.45, 2.75) is 51.0 Å². The van der Waals surface area contributed by atoms with Crippen LogP contribution in [0.1, 0.15) is 63.2 Å². The lowest BCUT2D eigenvalue weighted by atomic mass is 9.82. The van der Waals surface area contributed by atoms with Gasteiger partial charge >= 0.3 is 0 Å². The highest BCUT2D eigenvalue weighted by molar-refractivity contribution is 6.32. The second kappa shape index (κ2) is 7.96. The number of carbonyl (C=O) groups excluding carboxylic acids is 2. The number of likely N-dealkylation sites (tertiary alicyclic amines) is 1. The number of nitrogens with zero attached hydrogens (tertiary/aromatic N) is 2. The number of ketones is 1. The van der Waals surface area contributed by atoms with Gasteiger partial charge in [0.15, 0.2) is 5.78 Å². The molecule has 0 atom stereocenters. The summed E-state index contributed by atoms with van der Waals surface area (Å²) in [5.74, 6) is 0.675. The minimum atomic E-state index is -0.577.